The number of nitrogens with two attached hydrogens (primary N) is 1. The maximum atomic E-state index is 13.6. The van der Waals surface area contributed by atoms with Gasteiger partial charge in [-0.2, -0.15) is 0 Å². The van der Waals surface area contributed by atoms with Crippen LogP contribution in [0, 0.1) is 22.2 Å². The first kappa shape index (κ1) is 37.4. The summed E-state index contributed by atoms with van der Waals surface area (Å²) in [5.74, 6) is 0.834. The van der Waals surface area contributed by atoms with E-state index >= 15 is 0 Å². The molecule has 1 aliphatic carbocycles. The van der Waals surface area contributed by atoms with Gasteiger partial charge >= 0.3 is 0 Å². The summed E-state index contributed by atoms with van der Waals surface area (Å²) in [6.07, 6.45) is 16.5. The third-order valence-corrected chi connectivity index (χ3v) is 12.8. The van der Waals surface area contributed by atoms with Gasteiger partial charge in [0.25, 0.3) is 0 Å². The summed E-state index contributed by atoms with van der Waals surface area (Å²) in [7, 11) is 2.10. The molecule has 3 aliphatic rings. The first-order valence-corrected chi connectivity index (χ1v) is 18.6. The zero-order chi connectivity index (χ0) is 34.5. The van der Waals surface area contributed by atoms with Gasteiger partial charge in [0, 0.05) is 53.5 Å². The number of aryl methyl sites for hydroxylation is 1. The second-order valence-corrected chi connectivity index (χ2v) is 19.6. The summed E-state index contributed by atoms with van der Waals surface area (Å²) in [4.78, 5) is 18.6. The number of aromatic nitrogens is 2. The van der Waals surface area contributed by atoms with Crippen molar-refractivity contribution in [2.24, 2.45) is 34.9 Å². The van der Waals surface area contributed by atoms with E-state index in [0.29, 0.717) is 30.3 Å². The predicted octanol–water partition coefficient (Wildman–Crippen LogP) is 6.85. The molecule has 264 valence electrons. The minimum absolute atomic E-state index is 0.00698. The predicted molar refractivity (Wildman–Crippen MR) is 191 cm³/mol. The fraction of sp³-hybridized carbons (Fsp3) is 0.897. The minimum Gasteiger partial charge on any atom is -0.338 e. The lowest BCUT2D eigenvalue weighted by Gasteiger charge is -2.55. The zero-order valence-corrected chi connectivity index (χ0v) is 32.3. The minimum atomic E-state index is -0.291. The van der Waals surface area contributed by atoms with Gasteiger partial charge in [-0.15, -0.1) is 0 Å². The molecule has 4 rings (SSSR count). The Bertz CT molecular complexity index is 1180. The first-order chi connectivity index (χ1) is 21.0. The second-order valence-electron chi connectivity index (χ2n) is 19.6. The highest BCUT2D eigenvalue weighted by molar-refractivity contribution is 5.78. The van der Waals surface area contributed by atoms with Crippen molar-refractivity contribution in [3.05, 3.63) is 18.7 Å². The van der Waals surface area contributed by atoms with E-state index in [1.807, 2.05) is 0 Å². The van der Waals surface area contributed by atoms with Gasteiger partial charge < -0.3 is 16.0 Å². The second kappa shape index (κ2) is 13.1. The van der Waals surface area contributed by atoms with Crippen LogP contribution >= 0.6 is 0 Å². The van der Waals surface area contributed by atoms with E-state index < -0.39 is 0 Å². The molecule has 2 saturated heterocycles. The number of amides is 1. The van der Waals surface area contributed by atoms with Crippen LogP contribution in [0.2, 0.25) is 0 Å². The van der Waals surface area contributed by atoms with Crippen molar-refractivity contribution >= 4 is 5.91 Å². The number of carbonyl (C=O) groups excluding carboxylic acids is 1. The summed E-state index contributed by atoms with van der Waals surface area (Å²) >= 11 is 0. The van der Waals surface area contributed by atoms with Gasteiger partial charge in [0.05, 0.1) is 7.05 Å². The average Bonchev–Trinajstić information content (AvgIpc) is 3.14. The van der Waals surface area contributed by atoms with Gasteiger partial charge in [-0.25, -0.2) is 9.13 Å². The topological polar surface area (TPSA) is 70.4 Å². The summed E-state index contributed by atoms with van der Waals surface area (Å²) in [6.45, 7) is 32.0. The number of nitrogens with one attached hydrogen (secondary N) is 1. The highest BCUT2D eigenvalue weighted by Gasteiger charge is 2.60. The summed E-state index contributed by atoms with van der Waals surface area (Å²) in [5.41, 5.74) is 6.41. The molecule has 5 atom stereocenters. The van der Waals surface area contributed by atoms with E-state index in [1.54, 1.807) is 0 Å². The van der Waals surface area contributed by atoms with Crippen LogP contribution in [-0.4, -0.2) is 68.6 Å². The standard InChI is InChI=1S/C39H73N6O/c1-34(2,3)30(44-24-23-42(13)28-44)27-36(6,7)41-38(10,11)31(45-22-18-19-32(45)46)26-35(4,5)37(8,9)33(29-25-39(29,12)40)43-20-16-14-15-17-21-43/h23-24,28-31,33,41H,14-22,25-27,40H2,1-13H3/q+1. The van der Waals surface area contributed by atoms with E-state index in [4.69, 9.17) is 5.73 Å². The average molecular weight is 642 g/mol. The van der Waals surface area contributed by atoms with E-state index in [0.717, 1.165) is 32.2 Å². The molecular weight excluding hydrogens is 568 g/mol. The molecule has 3 heterocycles. The van der Waals surface area contributed by atoms with Crippen molar-refractivity contribution in [3.8, 4) is 0 Å². The largest absolute Gasteiger partial charge is 0.338 e. The van der Waals surface area contributed by atoms with Crippen LogP contribution in [0.4, 0.5) is 0 Å². The number of hydrogen-bond donors (Lipinski definition) is 2. The molecule has 3 fully saturated rings. The van der Waals surface area contributed by atoms with Gasteiger partial charge in [-0.1, -0.05) is 61.3 Å². The number of likely N-dealkylation sites (tertiary alicyclic amines) is 2. The zero-order valence-electron chi connectivity index (χ0n) is 32.3. The highest BCUT2D eigenvalue weighted by atomic mass is 16.2. The molecule has 46 heavy (non-hydrogen) atoms. The SMILES string of the molecule is C[n+]1ccn(C(CC(C)(C)NC(C)(C)C(CC(C)(C)C(C)(C)C(C2CC2(C)N)N2CCCCCC2)N2CCCC2=O)C(C)(C)C)c1. The molecule has 0 spiro atoms. The third-order valence-electron chi connectivity index (χ3n) is 12.8. The number of hydrogen-bond acceptors (Lipinski definition) is 4. The maximum absolute atomic E-state index is 13.6. The van der Waals surface area contributed by atoms with Gasteiger partial charge in [-0.3, -0.25) is 9.69 Å². The van der Waals surface area contributed by atoms with Gasteiger partial charge in [0.1, 0.15) is 18.4 Å². The molecular formula is C39H73N6O+. The molecule has 3 N–H and O–H groups in total. The molecule has 0 radical (unpaired) electrons. The van der Waals surface area contributed by atoms with Crippen LogP contribution in [0.1, 0.15) is 147 Å². The van der Waals surface area contributed by atoms with Crippen molar-refractivity contribution < 1.29 is 9.36 Å². The number of rotatable bonds is 13. The fourth-order valence-electron chi connectivity index (χ4n) is 9.38. The van der Waals surface area contributed by atoms with E-state index in [2.05, 4.69) is 133 Å². The molecule has 7 nitrogen and oxygen atoms in total. The van der Waals surface area contributed by atoms with Crippen LogP contribution in [0.5, 0.6) is 0 Å². The van der Waals surface area contributed by atoms with Gasteiger partial charge in [0.2, 0.25) is 12.2 Å². The first-order valence-electron chi connectivity index (χ1n) is 18.6. The molecule has 1 amide bonds. The summed E-state index contributed by atoms with van der Waals surface area (Å²) in [6, 6.07) is 0.850. The normalized spacial score (nSPS) is 26.3. The molecule has 0 aromatic carbocycles. The van der Waals surface area contributed by atoms with Crippen molar-refractivity contribution in [3.63, 3.8) is 0 Å². The smallest absolute Gasteiger partial charge is 0.243 e. The lowest BCUT2D eigenvalue weighted by molar-refractivity contribution is -0.671. The Labute approximate surface area is 283 Å². The molecule has 2 aliphatic heterocycles. The Morgan fingerprint density at radius 3 is 1.96 bits per heavy atom. The van der Waals surface area contributed by atoms with Gasteiger partial charge in [-0.05, 0) is 96.6 Å². The van der Waals surface area contributed by atoms with Crippen LogP contribution < -0.4 is 15.6 Å². The highest BCUT2D eigenvalue weighted by Crippen LogP contribution is 2.57. The summed E-state index contributed by atoms with van der Waals surface area (Å²) in [5, 5.41) is 4.19. The maximum Gasteiger partial charge on any atom is 0.243 e. The van der Waals surface area contributed by atoms with Crippen LogP contribution in [0.15, 0.2) is 18.7 Å². The van der Waals surface area contributed by atoms with E-state index in [9.17, 15) is 4.79 Å². The van der Waals surface area contributed by atoms with Crippen molar-refractivity contribution in [1.29, 1.82) is 0 Å². The van der Waals surface area contributed by atoms with E-state index in [-0.39, 0.29) is 38.9 Å². The Morgan fingerprint density at radius 1 is 0.913 bits per heavy atom. The number of imidazole rings is 1. The fourth-order valence-corrected chi connectivity index (χ4v) is 9.38. The molecule has 0 bridgehead atoms. The Balaban J connectivity index is 1.64. The van der Waals surface area contributed by atoms with Crippen molar-refractivity contribution in [1.82, 2.24) is 19.7 Å². The van der Waals surface area contributed by atoms with Crippen molar-refractivity contribution in [2.45, 2.75) is 176 Å². The molecule has 1 aromatic heterocycles. The van der Waals surface area contributed by atoms with Crippen LogP contribution in [-0.2, 0) is 11.8 Å². The van der Waals surface area contributed by atoms with Crippen LogP contribution in [0.3, 0.4) is 0 Å². The van der Waals surface area contributed by atoms with Crippen LogP contribution in [0.25, 0.3) is 0 Å². The monoisotopic (exact) mass is 642 g/mol. The summed E-state index contributed by atoms with van der Waals surface area (Å²) < 4.78 is 4.52. The molecule has 7 heteroatoms. The Morgan fingerprint density at radius 2 is 1.50 bits per heavy atom. The number of nitrogens with zero attached hydrogens (tertiary/aromatic N) is 4. The number of carbonyl (C=O) groups is 1. The van der Waals surface area contributed by atoms with E-state index in [1.165, 1.54) is 38.8 Å². The molecule has 5 unspecified atom stereocenters. The third kappa shape index (κ3) is 8.22. The molecule has 1 saturated carbocycles. The van der Waals surface area contributed by atoms with Gasteiger partial charge in [0.15, 0.2) is 0 Å². The Hall–Kier alpha value is -1.44. The quantitative estimate of drug-likeness (QED) is 0.231. The van der Waals surface area contributed by atoms with Crippen molar-refractivity contribution in [2.75, 3.05) is 19.6 Å². The lowest BCUT2D eigenvalue weighted by atomic mass is 9.58. The Kier molecular flexibility index (Phi) is 10.7. The molecule has 1 aromatic rings. The lowest BCUT2D eigenvalue weighted by Crippen LogP contribution is -2.65.